The lowest BCUT2D eigenvalue weighted by molar-refractivity contribution is -0.140. The van der Waals surface area contributed by atoms with Crippen molar-refractivity contribution in [1.29, 1.82) is 0 Å². The number of anilines is 1. The van der Waals surface area contributed by atoms with Crippen LogP contribution in [-0.4, -0.2) is 50.9 Å². The number of sulfonamides is 1. The van der Waals surface area contributed by atoms with Crippen molar-refractivity contribution in [3.05, 3.63) is 89.7 Å². The molecule has 3 aromatic rings. The van der Waals surface area contributed by atoms with Gasteiger partial charge in [-0.3, -0.25) is 13.9 Å². The Hall–Kier alpha value is -3.92. The molecule has 220 valence electrons. The van der Waals surface area contributed by atoms with Gasteiger partial charge in [-0.1, -0.05) is 43.7 Å². The number of ether oxygens (including phenoxy) is 1. The maximum Gasteiger partial charge on any atom is 0.264 e. The van der Waals surface area contributed by atoms with Gasteiger partial charge in [-0.05, 0) is 80.8 Å². The van der Waals surface area contributed by atoms with E-state index in [0.29, 0.717) is 25.3 Å². The molecule has 0 fully saturated rings. The Kier molecular flexibility index (Phi) is 11.3. The maximum absolute atomic E-state index is 14.0. The zero-order valence-corrected chi connectivity index (χ0v) is 24.8. The lowest BCUT2D eigenvalue weighted by atomic mass is 10.1. The number of benzene rings is 3. The standard InChI is InChI=1S/C31H38FN3O5S/c1-5-20-33-31(37)29(6-2)34(21-24-10-8-23(4)9-11-24)30(36)22-35(26-14-16-27(17-15-26)40-7-3)41(38,39)28-18-12-25(32)13-19-28/h8-19,29H,5-7,20-22H2,1-4H3,(H,33,37)/t29-/m1/s1. The van der Waals surface area contributed by atoms with Crippen LogP contribution in [0.2, 0.25) is 0 Å². The molecule has 0 aliphatic rings. The summed E-state index contributed by atoms with van der Waals surface area (Å²) in [5.74, 6) is -0.894. The van der Waals surface area contributed by atoms with E-state index in [1.807, 2.05) is 52.0 Å². The third-order valence-electron chi connectivity index (χ3n) is 6.52. The van der Waals surface area contributed by atoms with Gasteiger partial charge in [0.1, 0.15) is 24.2 Å². The van der Waals surface area contributed by atoms with Crippen LogP contribution >= 0.6 is 0 Å². The fourth-order valence-electron chi connectivity index (χ4n) is 4.31. The molecule has 3 rings (SSSR count). The molecule has 0 radical (unpaired) electrons. The van der Waals surface area contributed by atoms with Crippen LogP contribution in [0.3, 0.4) is 0 Å². The molecular formula is C31H38FN3O5S. The molecule has 0 unspecified atom stereocenters. The first-order valence-electron chi connectivity index (χ1n) is 13.7. The SMILES string of the molecule is CCCNC(=O)[C@@H](CC)N(Cc1ccc(C)cc1)C(=O)CN(c1ccc(OCC)cc1)S(=O)(=O)c1ccc(F)cc1. The van der Waals surface area contributed by atoms with Gasteiger partial charge in [-0.2, -0.15) is 0 Å². The fraction of sp³-hybridized carbons (Fsp3) is 0.355. The van der Waals surface area contributed by atoms with Crippen molar-refractivity contribution < 1.29 is 27.1 Å². The summed E-state index contributed by atoms with van der Waals surface area (Å²) in [5.41, 5.74) is 2.08. The second-order valence-electron chi connectivity index (χ2n) is 9.61. The van der Waals surface area contributed by atoms with Crippen LogP contribution in [0.1, 0.15) is 44.7 Å². The Morgan fingerprint density at radius 3 is 2.12 bits per heavy atom. The van der Waals surface area contributed by atoms with Gasteiger partial charge in [-0.15, -0.1) is 0 Å². The molecule has 10 heteroatoms. The van der Waals surface area contributed by atoms with Gasteiger partial charge in [0.15, 0.2) is 0 Å². The molecule has 0 saturated heterocycles. The van der Waals surface area contributed by atoms with Gasteiger partial charge in [0.2, 0.25) is 11.8 Å². The number of hydrogen-bond acceptors (Lipinski definition) is 5. The topological polar surface area (TPSA) is 96.0 Å². The van der Waals surface area contributed by atoms with Crippen LogP contribution < -0.4 is 14.4 Å². The Morgan fingerprint density at radius 1 is 0.927 bits per heavy atom. The van der Waals surface area contributed by atoms with Crippen LogP contribution in [0.5, 0.6) is 5.75 Å². The van der Waals surface area contributed by atoms with Crippen LogP contribution in [0.15, 0.2) is 77.7 Å². The van der Waals surface area contributed by atoms with Crippen LogP contribution in [-0.2, 0) is 26.2 Å². The Balaban J connectivity index is 2.04. The lowest BCUT2D eigenvalue weighted by Crippen LogP contribution is -2.52. The Labute approximate surface area is 242 Å². The minimum absolute atomic E-state index is 0.116. The van der Waals surface area contributed by atoms with E-state index in [1.165, 1.54) is 4.90 Å². The summed E-state index contributed by atoms with van der Waals surface area (Å²) in [6.45, 7) is 7.97. The predicted octanol–water partition coefficient (Wildman–Crippen LogP) is 5.06. The zero-order valence-electron chi connectivity index (χ0n) is 24.0. The van der Waals surface area contributed by atoms with Gasteiger partial charge in [0.05, 0.1) is 17.2 Å². The third kappa shape index (κ3) is 8.29. The number of aryl methyl sites for hydroxylation is 1. The summed E-state index contributed by atoms with van der Waals surface area (Å²) in [5, 5.41) is 2.86. The highest BCUT2D eigenvalue weighted by Gasteiger charge is 2.33. The second-order valence-corrected chi connectivity index (χ2v) is 11.5. The summed E-state index contributed by atoms with van der Waals surface area (Å²) >= 11 is 0. The molecule has 0 heterocycles. The van der Waals surface area contributed by atoms with Crippen molar-refractivity contribution >= 4 is 27.5 Å². The summed E-state index contributed by atoms with van der Waals surface area (Å²) in [4.78, 5) is 28.4. The average molecular weight is 584 g/mol. The van der Waals surface area contributed by atoms with Crippen LogP contribution in [0.25, 0.3) is 0 Å². The van der Waals surface area contributed by atoms with E-state index in [0.717, 1.165) is 46.1 Å². The van der Waals surface area contributed by atoms with Gasteiger partial charge in [0.25, 0.3) is 10.0 Å². The van der Waals surface area contributed by atoms with Crippen molar-refractivity contribution in [1.82, 2.24) is 10.2 Å². The first-order valence-corrected chi connectivity index (χ1v) is 15.2. The van der Waals surface area contributed by atoms with E-state index >= 15 is 0 Å². The number of carbonyl (C=O) groups excluding carboxylic acids is 2. The first-order chi connectivity index (χ1) is 19.6. The van der Waals surface area contributed by atoms with E-state index in [4.69, 9.17) is 4.74 Å². The molecule has 41 heavy (non-hydrogen) atoms. The molecule has 2 amide bonds. The van der Waals surface area contributed by atoms with Crippen molar-refractivity contribution in [2.24, 2.45) is 0 Å². The monoisotopic (exact) mass is 583 g/mol. The normalized spacial score (nSPS) is 11.9. The Bertz CT molecular complexity index is 1400. The molecule has 0 aliphatic heterocycles. The maximum atomic E-state index is 14.0. The minimum Gasteiger partial charge on any atom is -0.494 e. The van der Waals surface area contributed by atoms with Crippen LogP contribution in [0, 0.1) is 12.7 Å². The van der Waals surface area contributed by atoms with E-state index in [2.05, 4.69) is 5.32 Å². The van der Waals surface area contributed by atoms with E-state index in [9.17, 15) is 22.4 Å². The number of halogens is 1. The number of amides is 2. The second kappa shape index (κ2) is 14.6. The smallest absolute Gasteiger partial charge is 0.264 e. The highest BCUT2D eigenvalue weighted by atomic mass is 32.2. The first kappa shape index (κ1) is 31.6. The molecule has 1 atom stereocenters. The van der Waals surface area contributed by atoms with E-state index in [1.54, 1.807) is 24.3 Å². The molecular weight excluding hydrogens is 545 g/mol. The van der Waals surface area contributed by atoms with Crippen molar-refractivity contribution in [2.45, 2.75) is 58.0 Å². The molecule has 0 aliphatic carbocycles. The number of nitrogens with one attached hydrogen (secondary N) is 1. The number of hydrogen-bond donors (Lipinski definition) is 1. The predicted molar refractivity (Wildman–Crippen MR) is 158 cm³/mol. The summed E-state index contributed by atoms with van der Waals surface area (Å²) in [6.07, 6.45) is 1.07. The van der Waals surface area contributed by atoms with Crippen molar-refractivity contribution in [3.8, 4) is 5.75 Å². The number of rotatable bonds is 14. The largest absolute Gasteiger partial charge is 0.494 e. The van der Waals surface area contributed by atoms with Gasteiger partial charge < -0.3 is 15.0 Å². The van der Waals surface area contributed by atoms with Crippen molar-refractivity contribution in [2.75, 3.05) is 24.0 Å². The highest BCUT2D eigenvalue weighted by Crippen LogP contribution is 2.27. The van der Waals surface area contributed by atoms with Gasteiger partial charge >= 0.3 is 0 Å². The average Bonchev–Trinajstić information content (AvgIpc) is 2.96. The Morgan fingerprint density at radius 2 is 1.56 bits per heavy atom. The molecule has 3 aromatic carbocycles. The summed E-state index contributed by atoms with van der Waals surface area (Å²) in [6, 6.07) is 17.6. The van der Waals surface area contributed by atoms with Gasteiger partial charge in [0, 0.05) is 13.1 Å². The molecule has 0 spiro atoms. The molecule has 8 nitrogen and oxygen atoms in total. The molecule has 0 bridgehead atoms. The molecule has 0 aromatic heterocycles. The fourth-order valence-corrected chi connectivity index (χ4v) is 5.73. The third-order valence-corrected chi connectivity index (χ3v) is 8.31. The lowest BCUT2D eigenvalue weighted by Gasteiger charge is -2.33. The quantitative estimate of drug-likeness (QED) is 0.286. The highest BCUT2D eigenvalue weighted by molar-refractivity contribution is 7.92. The summed E-state index contributed by atoms with van der Waals surface area (Å²) < 4.78 is 47.8. The van der Waals surface area contributed by atoms with E-state index in [-0.39, 0.29) is 23.0 Å². The van der Waals surface area contributed by atoms with Crippen LogP contribution in [0.4, 0.5) is 10.1 Å². The molecule has 1 N–H and O–H groups in total. The van der Waals surface area contributed by atoms with Gasteiger partial charge in [-0.25, -0.2) is 12.8 Å². The zero-order chi connectivity index (χ0) is 30.0. The van der Waals surface area contributed by atoms with Crippen molar-refractivity contribution in [3.63, 3.8) is 0 Å². The number of carbonyl (C=O) groups is 2. The van der Waals surface area contributed by atoms with E-state index < -0.39 is 34.3 Å². The number of nitrogens with zero attached hydrogens (tertiary/aromatic N) is 2. The minimum atomic E-state index is -4.29. The molecule has 0 saturated carbocycles. The summed E-state index contributed by atoms with van der Waals surface area (Å²) in [7, 11) is -4.29.